The zero-order valence-corrected chi connectivity index (χ0v) is 10.8. The van der Waals surface area contributed by atoms with E-state index in [0.29, 0.717) is 6.54 Å². The summed E-state index contributed by atoms with van der Waals surface area (Å²) in [5, 5.41) is 10.2. The van der Waals surface area contributed by atoms with Gasteiger partial charge in [0.2, 0.25) is 5.52 Å². The molecule has 0 spiro atoms. The van der Waals surface area contributed by atoms with Crippen molar-refractivity contribution in [1.29, 1.82) is 0 Å². The lowest BCUT2D eigenvalue weighted by Crippen LogP contribution is -3.00. The SMILES string of the molecule is Cc1ccc2ccccc2[n+]1CCO.[I-]. The molecule has 3 heteroatoms. The quantitative estimate of drug-likeness (QED) is 0.526. The van der Waals surface area contributed by atoms with Gasteiger partial charge in [-0.1, -0.05) is 12.1 Å². The van der Waals surface area contributed by atoms with Gasteiger partial charge in [-0.3, -0.25) is 0 Å². The van der Waals surface area contributed by atoms with Gasteiger partial charge in [0.1, 0.15) is 6.61 Å². The molecule has 0 fully saturated rings. The number of hydrogen-bond donors (Lipinski definition) is 1. The minimum Gasteiger partial charge on any atom is -1.00 e. The predicted octanol–water partition coefficient (Wildman–Crippen LogP) is -1.57. The molecule has 0 unspecified atom stereocenters. The summed E-state index contributed by atoms with van der Waals surface area (Å²) in [6, 6.07) is 12.4. The summed E-state index contributed by atoms with van der Waals surface area (Å²) in [5.41, 5.74) is 2.36. The largest absolute Gasteiger partial charge is 1.00 e. The van der Waals surface area contributed by atoms with Crippen LogP contribution in [-0.2, 0) is 6.54 Å². The molecule has 0 saturated heterocycles. The number of pyridine rings is 1. The first-order valence-electron chi connectivity index (χ1n) is 4.82. The number of para-hydroxylation sites is 1. The maximum atomic E-state index is 8.98. The van der Waals surface area contributed by atoms with Gasteiger partial charge in [-0.2, -0.15) is 4.57 Å². The third-order valence-electron chi connectivity index (χ3n) is 2.48. The molecule has 2 aromatic rings. The highest BCUT2D eigenvalue weighted by Crippen LogP contribution is 2.09. The first-order valence-corrected chi connectivity index (χ1v) is 4.82. The van der Waals surface area contributed by atoms with Crippen LogP contribution in [-0.4, -0.2) is 11.7 Å². The molecule has 0 bridgehead atoms. The Morgan fingerprint density at radius 3 is 2.60 bits per heavy atom. The van der Waals surface area contributed by atoms with Crippen LogP contribution in [0, 0.1) is 6.92 Å². The van der Waals surface area contributed by atoms with E-state index < -0.39 is 0 Å². The molecule has 0 saturated carbocycles. The van der Waals surface area contributed by atoms with Crippen molar-refractivity contribution < 1.29 is 33.7 Å². The number of rotatable bonds is 2. The van der Waals surface area contributed by atoms with Crippen LogP contribution in [0.4, 0.5) is 0 Å². The smallest absolute Gasteiger partial charge is 0.212 e. The van der Waals surface area contributed by atoms with Crippen molar-refractivity contribution in [3.8, 4) is 0 Å². The fraction of sp³-hybridized carbons (Fsp3) is 0.250. The number of benzene rings is 1. The Hall–Kier alpha value is -0.680. The van der Waals surface area contributed by atoms with Crippen molar-refractivity contribution in [3.63, 3.8) is 0 Å². The molecular formula is C12H14INO. The van der Waals surface area contributed by atoms with Crippen LogP contribution in [0.1, 0.15) is 5.69 Å². The van der Waals surface area contributed by atoms with Crippen molar-refractivity contribution in [2.45, 2.75) is 13.5 Å². The molecule has 0 aliphatic rings. The number of aryl methyl sites for hydroxylation is 1. The summed E-state index contributed by atoms with van der Waals surface area (Å²) in [4.78, 5) is 0. The average molecular weight is 315 g/mol. The highest BCUT2D eigenvalue weighted by atomic mass is 127. The van der Waals surface area contributed by atoms with E-state index in [0.717, 1.165) is 0 Å². The minimum atomic E-state index is 0. The molecule has 1 aromatic carbocycles. The number of nitrogens with zero attached hydrogens (tertiary/aromatic N) is 1. The van der Waals surface area contributed by atoms with Crippen molar-refractivity contribution in [2.75, 3.05) is 6.61 Å². The molecule has 80 valence electrons. The topological polar surface area (TPSA) is 24.1 Å². The lowest BCUT2D eigenvalue weighted by atomic mass is 10.2. The Morgan fingerprint density at radius 2 is 1.87 bits per heavy atom. The third-order valence-corrected chi connectivity index (χ3v) is 2.48. The van der Waals surface area contributed by atoms with Gasteiger partial charge < -0.3 is 29.1 Å². The Morgan fingerprint density at radius 1 is 1.13 bits per heavy atom. The molecule has 1 heterocycles. The van der Waals surface area contributed by atoms with Gasteiger partial charge in [0.15, 0.2) is 12.2 Å². The summed E-state index contributed by atoms with van der Waals surface area (Å²) in [6.45, 7) is 2.90. The van der Waals surface area contributed by atoms with Crippen molar-refractivity contribution in [1.82, 2.24) is 0 Å². The number of hydrogen-bond acceptors (Lipinski definition) is 1. The lowest BCUT2D eigenvalue weighted by Gasteiger charge is -2.02. The fourth-order valence-corrected chi connectivity index (χ4v) is 1.76. The van der Waals surface area contributed by atoms with E-state index in [9.17, 15) is 0 Å². The van der Waals surface area contributed by atoms with E-state index >= 15 is 0 Å². The highest BCUT2D eigenvalue weighted by Gasteiger charge is 2.10. The zero-order valence-electron chi connectivity index (χ0n) is 8.65. The Labute approximate surface area is 107 Å². The van der Waals surface area contributed by atoms with Crippen LogP contribution in [0.5, 0.6) is 0 Å². The molecule has 0 atom stereocenters. The second-order valence-corrected chi connectivity index (χ2v) is 3.41. The predicted molar refractivity (Wildman–Crippen MR) is 56.0 cm³/mol. The molecule has 15 heavy (non-hydrogen) atoms. The van der Waals surface area contributed by atoms with E-state index in [-0.39, 0.29) is 30.6 Å². The molecule has 0 radical (unpaired) electrons. The van der Waals surface area contributed by atoms with Crippen LogP contribution in [0.15, 0.2) is 36.4 Å². The number of halogens is 1. The van der Waals surface area contributed by atoms with Gasteiger partial charge in [-0.15, -0.1) is 0 Å². The van der Waals surface area contributed by atoms with Crippen molar-refractivity contribution in [2.24, 2.45) is 0 Å². The van der Waals surface area contributed by atoms with Gasteiger partial charge in [0.25, 0.3) is 0 Å². The van der Waals surface area contributed by atoms with Crippen LogP contribution < -0.4 is 28.5 Å². The second-order valence-electron chi connectivity index (χ2n) is 3.41. The number of fused-ring (bicyclic) bond motifs is 1. The minimum absolute atomic E-state index is 0. The van der Waals surface area contributed by atoms with Crippen LogP contribution in [0.25, 0.3) is 10.9 Å². The molecular weight excluding hydrogens is 301 g/mol. The normalized spacial score (nSPS) is 10.0. The van der Waals surface area contributed by atoms with Crippen molar-refractivity contribution in [3.05, 3.63) is 42.1 Å². The molecule has 0 aliphatic carbocycles. The number of aliphatic hydroxyl groups excluding tert-OH is 1. The first kappa shape index (κ1) is 12.4. The standard InChI is InChI=1S/C12H14NO.HI/c1-10-6-7-11-4-2-3-5-12(11)13(10)8-9-14;/h2-7,14H,8-9H2,1H3;1H/q+1;/p-1. The molecule has 2 rings (SSSR count). The Bertz CT molecular complexity index is 456. The highest BCUT2D eigenvalue weighted by molar-refractivity contribution is 5.75. The molecule has 0 aliphatic heterocycles. The van der Waals surface area contributed by atoms with Gasteiger partial charge in [-0.25, -0.2) is 0 Å². The summed E-state index contributed by atoms with van der Waals surface area (Å²) in [6.07, 6.45) is 0. The summed E-state index contributed by atoms with van der Waals surface area (Å²) < 4.78 is 2.13. The van der Waals surface area contributed by atoms with E-state index in [2.05, 4.69) is 35.8 Å². The van der Waals surface area contributed by atoms with Gasteiger partial charge in [-0.05, 0) is 12.1 Å². The van der Waals surface area contributed by atoms with E-state index in [1.54, 1.807) is 0 Å². The van der Waals surface area contributed by atoms with E-state index in [4.69, 9.17) is 5.11 Å². The van der Waals surface area contributed by atoms with Crippen molar-refractivity contribution >= 4 is 10.9 Å². The molecule has 1 N–H and O–H groups in total. The average Bonchev–Trinajstić information content (AvgIpc) is 2.23. The number of aromatic nitrogens is 1. The van der Waals surface area contributed by atoms with Gasteiger partial charge in [0, 0.05) is 24.4 Å². The lowest BCUT2D eigenvalue weighted by molar-refractivity contribution is -0.678. The summed E-state index contributed by atoms with van der Waals surface area (Å²) in [7, 11) is 0. The molecule has 2 nitrogen and oxygen atoms in total. The first-order chi connectivity index (χ1) is 6.83. The zero-order chi connectivity index (χ0) is 9.97. The Kier molecular flexibility index (Phi) is 4.47. The summed E-state index contributed by atoms with van der Waals surface area (Å²) in [5.74, 6) is 0. The maximum Gasteiger partial charge on any atom is 0.212 e. The van der Waals surface area contributed by atoms with Crippen LogP contribution >= 0.6 is 0 Å². The van der Waals surface area contributed by atoms with Gasteiger partial charge in [0.05, 0.1) is 0 Å². The molecule has 0 amide bonds. The second kappa shape index (κ2) is 5.42. The molecule has 1 aromatic heterocycles. The summed E-state index contributed by atoms with van der Waals surface area (Å²) >= 11 is 0. The maximum absolute atomic E-state index is 8.98. The van der Waals surface area contributed by atoms with Gasteiger partial charge >= 0.3 is 0 Å². The van der Waals surface area contributed by atoms with Crippen LogP contribution in [0.2, 0.25) is 0 Å². The number of aliphatic hydroxyl groups is 1. The fourth-order valence-electron chi connectivity index (χ4n) is 1.76. The van der Waals surface area contributed by atoms with Crippen LogP contribution in [0.3, 0.4) is 0 Å². The van der Waals surface area contributed by atoms with E-state index in [1.165, 1.54) is 16.6 Å². The third kappa shape index (κ3) is 2.46. The Balaban J connectivity index is 0.00000112. The van der Waals surface area contributed by atoms with E-state index in [1.807, 2.05) is 12.1 Å². The monoisotopic (exact) mass is 315 g/mol.